The van der Waals surface area contributed by atoms with Crippen LogP contribution in [0.15, 0.2) is 0 Å². The van der Waals surface area contributed by atoms with Crippen molar-refractivity contribution in [1.82, 2.24) is 9.55 Å². The van der Waals surface area contributed by atoms with Crippen molar-refractivity contribution in [1.29, 1.82) is 0 Å². The average Bonchev–Trinajstić information content (AvgIpc) is 2.75. The van der Waals surface area contributed by atoms with Crippen LogP contribution in [0.4, 0.5) is 10.2 Å². The van der Waals surface area contributed by atoms with Crippen LogP contribution in [0.2, 0.25) is 13.3 Å². The molecular formula is C16H32FN3Sn. The van der Waals surface area contributed by atoms with Gasteiger partial charge in [-0.3, -0.25) is 0 Å². The monoisotopic (exact) mass is 405 g/mol. The molecule has 0 amide bonds. The topological polar surface area (TPSA) is 43.8 Å². The van der Waals surface area contributed by atoms with Crippen LogP contribution in [-0.2, 0) is 7.05 Å². The molecule has 0 spiro atoms. The third-order valence-electron chi connectivity index (χ3n) is 4.60. The number of hydrogen-bond donors (Lipinski definition) is 1. The van der Waals surface area contributed by atoms with Crippen LogP contribution in [0, 0.1) is 5.95 Å². The fraction of sp³-hybridized carbons (Fsp3) is 0.812. The maximum absolute atomic E-state index is 13.9. The van der Waals surface area contributed by atoms with Gasteiger partial charge in [0.15, 0.2) is 0 Å². The summed E-state index contributed by atoms with van der Waals surface area (Å²) >= 11 is -2.65. The van der Waals surface area contributed by atoms with Crippen molar-refractivity contribution < 1.29 is 4.39 Å². The van der Waals surface area contributed by atoms with Gasteiger partial charge in [0.25, 0.3) is 0 Å². The zero-order valence-electron chi connectivity index (χ0n) is 14.2. The summed E-state index contributed by atoms with van der Waals surface area (Å²) in [4.78, 5) is 4.31. The van der Waals surface area contributed by atoms with Gasteiger partial charge in [0, 0.05) is 0 Å². The Morgan fingerprint density at radius 1 is 1.00 bits per heavy atom. The molecule has 21 heavy (non-hydrogen) atoms. The third-order valence-corrected chi connectivity index (χ3v) is 19.8. The minimum atomic E-state index is -2.65. The number of anilines is 1. The Balaban J connectivity index is 3.19. The van der Waals surface area contributed by atoms with Crippen molar-refractivity contribution in [2.75, 3.05) is 5.73 Å². The molecule has 1 rings (SSSR count). The number of rotatable bonds is 10. The number of nitrogen functional groups attached to an aromatic ring is 1. The zero-order chi connectivity index (χ0) is 15.9. The van der Waals surface area contributed by atoms with Gasteiger partial charge in [0.1, 0.15) is 0 Å². The molecule has 0 fully saturated rings. The van der Waals surface area contributed by atoms with Crippen LogP contribution in [0.1, 0.15) is 59.3 Å². The van der Waals surface area contributed by atoms with E-state index in [0.29, 0.717) is 0 Å². The number of unbranched alkanes of at least 4 members (excludes halogenated alkanes) is 3. The van der Waals surface area contributed by atoms with E-state index in [4.69, 9.17) is 5.73 Å². The summed E-state index contributed by atoms with van der Waals surface area (Å²) in [5, 5.41) is 0. The fourth-order valence-corrected chi connectivity index (χ4v) is 19.4. The standard InChI is InChI=1S/C4H5FN3.3C4H9.Sn/c1-8-2-7-3(5)4(8)6;3*1-3-4-2;/h6H2,1H3;3*1,3-4H2,2H3;. The van der Waals surface area contributed by atoms with Crippen molar-refractivity contribution >= 4 is 28.0 Å². The predicted molar refractivity (Wildman–Crippen MR) is 92.1 cm³/mol. The summed E-state index contributed by atoms with van der Waals surface area (Å²) in [5.41, 5.74) is 5.84. The van der Waals surface area contributed by atoms with Crippen LogP contribution >= 0.6 is 0 Å². The number of aromatic nitrogens is 2. The zero-order valence-corrected chi connectivity index (χ0v) is 17.1. The predicted octanol–water partition coefficient (Wildman–Crippen LogP) is 4.20. The van der Waals surface area contributed by atoms with Gasteiger partial charge in [-0.25, -0.2) is 0 Å². The normalized spacial score (nSPS) is 12.0. The summed E-state index contributed by atoms with van der Waals surface area (Å²) in [6.45, 7) is 6.72. The van der Waals surface area contributed by atoms with E-state index in [2.05, 4.69) is 25.8 Å². The fourth-order valence-electron chi connectivity index (χ4n) is 3.21. The third kappa shape index (κ3) is 4.60. The summed E-state index contributed by atoms with van der Waals surface area (Å²) in [6.07, 6.45) is 7.37. The van der Waals surface area contributed by atoms with Gasteiger partial charge < -0.3 is 0 Å². The van der Waals surface area contributed by atoms with E-state index in [1.54, 1.807) is 0 Å². The van der Waals surface area contributed by atoms with Gasteiger partial charge >= 0.3 is 133 Å². The summed E-state index contributed by atoms with van der Waals surface area (Å²) in [6, 6.07) is 0. The van der Waals surface area contributed by atoms with E-state index in [1.807, 2.05) is 11.6 Å². The number of nitrogens with two attached hydrogens (primary N) is 1. The molecule has 0 bridgehead atoms. The van der Waals surface area contributed by atoms with E-state index in [0.717, 1.165) is 3.84 Å². The molecule has 0 saturated carbocycles. The molecule has 1 aromatic rings. The van der Waals surface area contributed by atoms with E-state index >= 15 is 0 Å². The average molecular weight is 404 g/mol. The summed E-state index contributed by atoms with van der Waals surface area (Å²) in [7, 11) is 1.90. The second kappa shape index (κ2) is 9.01. The van der Waals surface area contributed by atoms with Crippen LogP contribution in [-0.4, -0.2) is 27.9 Å². The molecule has 122 valence electrons. The number of hydrogen-bond acceptors (Lipinski definition) is 2. The molecule has 0 atom stereocenters. The molecule has 0 aliphatic carbocycles. The number of imidazole rings is 1. The second-order valence-electron chi connectivity index (χ2n) is 6.26. The van der Waals surface area contributed by atoms with Crippen molar-refractivity contribution in [2.24, 2.45) is 7.05 Å². The van der Waals surface area contributed by atoms with Crippen molar-refractivity contribution in [3.05, 3.63) is 5.95 Å². The van der Waals surface area contributed by atoms with Crippen LogP contribution in [0.3, 0.4) is 0 Å². The van der Waals surface area contributed by atoms with Crippen molar-refractivity contribution in [3.63, 3.8) is 0 Å². The van der Waals surface area contributed by atoms with Gasteiger partial charge in [-0.15, -0.1) is 0 Å². The second-order valence-corrected chi connectivity index (χ2v) is 19.1. The maximum atomic E-state index is 13.9. The van der Waals surface area contributed by atoms with Gasteiger partial charge in [-0.05, 0) is 0 Å². The SMILES string of the molecule is CCC[CH2][Sn]([CH2]CCC)([CH2]CCC)[c]1nc(F)c(N)n1C. The molecule has 1 aromatic heterocycles. The molecule has 2 N–H and O–H groups in total. The summed E-state index contributed by atoms with van der Waals surface area (Å²) in [5.74, 6) is -0.242. The first-order chi connectivity index (χ1) is 10.0. The molecule has 0 aliphatic heterocycles. The number of halogens is 1. The van der Waals surface area contributed by atoms with E-state index in [-0.39, 0.29) is 5.82 Å². The first kappa shape index (κ1) is 18.8. The molecule has 0 saturated heterocycles. The van der Waals surface area contributed by atoms with Crippen LogP contribution < -0.4 is 9.57 Å². The Kier molecular flexibility index (Phi) is 8.06. The molecule has 0 unspecified atom stereocenters. The van der Waals surface area contributed by atoms with E-state index in [9.17, 15) is 4.39 Å². The Labute approximate surface area is 133 Å². The quantitative estimate of drug-likeness (QED) is 0.595. The molecular weight excluding hydrogens is 372 g/mol. The number of nitrogens with zero attached hydrogens (tertiary/aromatic N) is 2. The molecule has 1 heterocycles. The minimum absolute atomic E-state index is 0.218. The van der Waals surface area contributed by atoms with Gasteiger partial charge in [-0.1, -0.05) is 0 Å². The van der Waals surface area contributed by atoms with Crippen LogP contribution in [0.5, 0.6) is 0 Å². The Bertz CT molecular complexity index is 410. The summed E-state index contributed by atoms with van der Waals surface area (Å²) < 4.78 is 20.7. The van der Waals surface area contributed by atoms with Crippen molar-refractivity contribution in [3.8, 4) is 0 Å². The van der Waals surface area contributed by atoms with Crippen LogP contribution in [0.25, 0.3) is 0 Å². The van der Waals surface area contributed by atoms with Crippen molar-refractivity contribution in [2.45, 2.75) is 72.6 Å². The molecule has 0 aliphatic rings. The Morgan fingerprint density at radius 2 is 1.43 bits per heavy atom. The van der Waals surface area contributed by atoms with Gasteiger partial charge in [-0.2, -0.15) is 0 Å². The molecule has 0 radical (unpaired) electrons. The first-order valence-corrected chi connectivity index (χ1v) is 16.0. The molecule has 5 heteroatoms. The Hall–Kier alpha value is -0.261. The van der Waals surface area contributed by atoms with E-state index in [1.165, 1.54) is 51.8 Å². The van der Waals surface area contributed by atoms with Gasteiger partial charge in [0.2, 0.25) is 0 Å². The first-order valence-electron chi connectivity index (χ1n) is 8.50. The molecule has 0 aromatic carbocycles. The van der Waals surface area contributed by atoms with Gasteiger partial charge in [0.05, 0.1) is 0 Å². The molecule has 3 nitrogen and oxygen atoms in total. The van der Waals surface area contributed by atoms with E-state index < -0.39 is 24.3 Å². The Morgan fingerprint density at radius 3 is 1.71 bits per heavy atom.